The Morgan fingerprint density at radius 1 is 1.47 bits per heavy atom. The standard InChI is InChI=1S/C11H18N4OS/c1-2-8-6-4-3-5-7-15(8)10(16)9-13-14-11(12)17-9/h8H,2-7H2,1H3,(H2,12,14). The molecule has 1 aromatic rings. The number of likely N-dealkylation sites (tertiary alicyclic amines) is 1. The Bertz CT molecular complexity index is 393. The Morgan fingerprint density at radius 2 is 2.29 bits per heavy atom. The molecule has 0 saturated carbocycles. The molecule has 1 atom stereocenters. The number of amides is 1. The van der Waals surface area contributed by atoms with Crippen LogP contribution in [0.25, 0.3) is 0 Å². The number of aromatic nitrogens is 2. The molecule has 2 rings (SSSR count). The zero-order valence-corrected chi connectivity index (χ0v) is 10.9. The minimum Gasteiger partial charge on any atom is -0.374 e. The Morgan fingerprint density at radius 3 is 2.94 bits per heavy atom. The molecule has 5 nitrogen and oxygen atoms in total. The average molecular weight is 254 g/mol. The van der Waals surface area contributed by atoms with Crippen LogP contribution >= 0.6 is 11.3 Å². The third-order valence-electron chi connectivity index (χ3n) is 3.23. The van der Waals surface area contributed by atoms with Gasteiger partial charge in [0.2, 0.25) is 10.1 Å². The van der Waals surface area contributed by atoms with E-state index < -0.39 is 0 Å². The van der Waals surface area contributed by atoms with Crippen molar-refractivity contribution in [3.8, 4) is 0 Å². The summed E-state index contributed by atoms with van der Waals surface area (Å²) in [5.41, 5.74) is 5.52. The fourth-order valence-electron chi connectivity index (χ4n) is 2.31. The highest BCUT2D eigenvalue weighted by Crippen LogP contribution is 2.22. The largest absolute Gasteiger partial charge is 0.374 e. The van der Waals surface area contributed by atoms with Crippen LogP contribution in [-0.2, 0) is 0 Å². The first kappa shape index (κ1) is 12.3. The van der Waals surface area contributed by atoms with Crippen molar-refractivity contribution in [3.63, 3.8) is 0 Å². The summed E-state index contributed by atoms with van der Waals surface area (Å²) in [6, 6.07) is 0.343. The third kappa shape index (κ3) is 2.74. The summed E-state index contributed by atoms with van der Waals surface area (Å²) in [5.74, 6) is -0.00653. The normalized spacial score (nSPS) is 21.2. The van der Waals surface area contributed by atoms with Gasteiger partial charge in [0.15, 0.2) is 0 Å². The van der Waals surface area contributed by atoms with Gasteiger partial charge in [-0.05, 0) is 19.3 Å². The molecule has 0 spiro atoms. The molecule has 1 aromatic heterocycles. The highest BCUT2D eigenvalue weighted by atomic mass is 32.1. The summed E-state index contributed by atoms with van der Waals surface area (Å²) >= 11 is 1.17. The molecule has 1 saturated heterocycles. The van der Waals surface area contributed by atoms with Crippen LogP contribution in [0.1, 0.15) is 48.8 Å². The summed E-state index contributed by atoms with van der Waals surface area (Å²) in [5, 5.41) is 8.33. The molecule has 1 aliphatic rings. The van der Waals surface area contributed by atoms with E-state index in [1.54, 1.807) is 0 Å². The Balaban J connectivity index is 2.15. The Kier molecular flexibility index (Phi) is 3.93. The fourth-order valence-corrected chi connectivity index (χ4v) is 2.88. The molecule has 0 aliphatic carbocycles. The van der Waals surface area contributed by atoms with Gasteiger partial charge in [-0.2, -0.15) is 0 Å². The Hall–Kier alpha value is -1.17. The van der Waals surface area contributed by atoms with Gasteiger partial charge < -0.3 is 10.6 Å². The van der Waals surface area contributed by atoms with Crippen molar-refractivity contribution in [3.05, 3.63) is 5.01 Å². The van der Waals surface area contributed by atoms with E-state index in [1.807, 2.05) is 4.90 Å². The molecule has 17 heavy (non-hydrogen) atoms. The lowest BCUT2D eigenvalue weighted by Gasteiger charge is -2.28. The van der Waals surface area contributed by atoms with Crippen LogP contribution in [0.15, 0.2) is 0 Å². The van der Waals surface area contributed by atoms with Gasteiger partial charge in [-0.3, -0.25) is 4.79 Å². The maximum absolute atomic E-state index is 12.3. The summed E-state index contributed by atoms with van der Waals surface area (Å²) in [6.45, 7) is 2.96. The maximum atomic E-state index is 12.3. The van der Waals surface area contributed by atoms with Crippen LogP contribution in [0.3, 0.4) is 0 Å². The van der Waals surface area contributed by atoms with Gasteiger partial charge in [0.05, 0.1) is 0 Å². The zero-order chi connectivity index (χ0) is 12.3. The molecular weight excluding hydrogens is 236 g/mol. The lowest BCUT2D eigenvalue weighted by Crippen LogP contribution is -2.39. The van der Waals surface area contributed by atoms with E-state index in [-0.39, 0.29) is 5.91 Å². The van der Waals surface area contributed by atoms with E-state index in [0.29, 0.717) is 16.2 Å². The average Bonchev–Trinajstić information content (AvgIpc) is 2.64. The van der Waals surface area contributed by atoms with E-state index in [4.69, 9.17) is 5.73 Å². The summed E-state index contributed by atoms with van der Waals surface area (Å²) in [4.78, 5) is 14.3. The van der Waals surface area contributed by atoms with Crippen molar-refractivity contribution in [2.75, 3.05) is 12.3 Å². The number of hydrogen-bond donors (Lipinski definition) is 1. The predicted molar refractivity (Wildman–Crippen MR) is 67.9 cm³/mol. The minimum atomic E-state index is -0.00653. The van der Waals surface area contributed by atoms with Gasteiger partial charge >= 0.3 is 0 Å². The molecule has 1 aliphatic heterocycles. The molecule has 0 aromatic carbocycles. The molecule has 0 bridgehead atoms. The SMILES string of the molecule is CCC1CCCCCN1C(=O)c1nnc(N)s1. The van der Waals surface area contributed by atoms with Crippen molar-refractivity contribution >= 4 is 22.4 Å². The molecule has 2 heterocycles. The van der Waals surface area contributed by atoms with Crippen molar-refractivity contribution in [2.24, 2.45) is 0 Å². The van der Waals surface area contributed by atoms with Crippen LogP contribution in [-0.4, -0.2) is 33.6 Å². The predicted octanol–water partition coefficient (Wildman–Crippen LogP) is 1.92. The van der Waals surface area contributed by atoms with E-state index in [2.05, 4.69) is 17.1 Å². The Labute approximate surface area is 105 Å². The number of nitrogens with zero attached hydrogens (tertiary/aromatic N) is 3. The van der Waals surface area contributed by atoms with Crippen LogP contribution in [0.4, 0.5) is 5.13 Å². The summed E-state index contributed by atoms with van der Waals surface area (Å²) in [6.07, 6.45) is 5.59. The first-order chi connectivity index (χ1) is 8.22. The summed E-state index contributed by atoms with van der Waals surface area (Å²) in [7, 11) is 0. The number of nitrogens with two attached hydrogens (primary N) is 1. The number of carbonyl (C=O) groups is 1. The number of hydrogen-bond acceptors (Lipinski definition) is 5. The molecular formula is C11H18N4OS. The maximum Gasteiger partial charge on any atom is 0.285 e. The van der Waals surface area contributed by atoms with Crippen LogP contribution in [0.2, 0.25) is 0 Å². The topological polar surface area (TPSA) is 72.1 Å². The van der Waals surface area contributed by atoms with Crippen molar-refractivity contribution in [1.82, 2.24) is 15.1 Å². The van der Waals surface area contributed by atoms with Crippen LogP contribution < -0.4 is 5.73 Å². The smallest absolute Gasteiger partial charge is 0.285 e. The van der Waals surface area contributed by atoms with Crippen LogP contribution in [0.5, 0.6) is 0 Å². The lowest BCUT2D eigenvalue weighted by molar-refractivity contribution is 0.0677. The molecule has 1 amide bonds. The van der Waals surface area contributed by atoms with Gasteiger partial charge in [0.1, 0.15) is 0 Å². The first-order valence-corrected chi connectivity index (χ1v) is 6.94. The fraction of sp³-hybridized carbons (Fsp3) is 0.727. The summed E-state index contributed by atoms with van der Waals surface area (Å²) < 4.78 is 0. The number of rotatable bonds is 2. The van der Waals surface area contributed by atoms with Gasteiger partial charge in [0.25, 0.3) is 5.91 Å². The second kappa shape index (κ2) is 5.44. The lowest BCUT2D eigenvalue weighted by atomic mass is 10.1. The number of nitrogen functional groups attached to an aromatic ring is 1. The van der Waals surface area contributed by atoms with Crippen molar-refractivity contribution in [1.29, 1.82) is 0 Å². The van der Waals surface area contributed by atoms with Crippen LogP contribution in [0, 0.1) is 0 Å². The van der Waals surface area contributed by atoms with Gasteiger partial charge in [-0.15, -0.1) is 10.2 Å². The minimum absolute atomic E-state index is 0.00653. The van der Waals surface area contributed by atoms with Gasteiger partial charge in [-0.25, -0.2) is 0 Å². The molecule has 2 N–H and O–H groups in total. The second-order valence-corrected chi connectivity index (χ2v) is 5.36. The van der Waals surface area contributed by atoms with Crippen molar-refractivity contribution in [2.45, 2.75) is 45.1 Å². The van der Waals surface area contributed by atoms with Gasteiger partial charge in [-0.1, -0.05) is 31.1 Å². The molecule has 1 fully saturated rings. The van der Waals surface area contributed by atoms with Crippen molar-refractivity contribution < 1.29 is 4.79 Å². The molecule has 0 radical (unpaired) electrons. The number of anilines is 1. The molecule has 94 valence electrons. The van der Waals surface area contributed by atoms with E-state index in [0.717, 1.165) is 25.8 Å². The van der Waals surface area contributed by atoms with Gasteiger partial charge in [0, 0.05) is 12.6 Å². The molecule has 6 heteroatoms. The zero-order valence-electron chi connectivity index (χ0n) is 10.1. The van der Waals surface area contributed by atoms with E-state index >= 15 is 0 Å². The monoisotopic (exact) mass is 254 g/mol. The highest BCUT2D eigenvalue weighted by Gasteiger charge is 2.27. The highest BCUT2D eigenvalue weighted by molar-refractivity contribution is 7.16. The number of carbonyl (C=O) groups excluding carboxylic acids is 1. The van der Waals surface area contributed by atoms with E-state index in [9.17, 15) is 4.79 Å². The second-order valence-electron chi connectivity index (χ2n) is 4.36. The first-order valence-electron chi connectivity index (χ1n) is 6.12. The van der Waals surface area contributed by atoms with E-state index in [1.165, 1.54) is 24.2 Å². The quantitative estimate of drug-likeness (QED) is 0.875. The molecule has 1 unspecified atom stereocenters. The third-order valence-corrected chi connectivity index (χ3v) is 3.97.